The van der Waals surface area contributed by atoms with Crippen LogP contribution in [-0.4, -0.2) is 17.8 Å². The third-order valence-electron chi connectivity index (χ3n) is 1.76. The molecular weight excluding hydrogens is 252 g/mol. The van der Waals surface area contributed by atoms with Crippen LogP contribution >= 0.6 is 27.3 Å². The molecule has 2 nitrogen and oxygen atoms in total. The van der Waals surface area contributed by atoms with Gasteiger partial charge in [0.2, 0.25) is 0 Å². The molecule has 1 rings (SSSR count). The molecule has 0 radical (unpaired) electrons. The van der Waals surface area contributed by atoms with Crippen LogP contribution in [0.5, 0.6) is 0 Å². The van der Waals surface area contributed by atoms with Gasteiger partial charge in [-0.25, -0.2) is 0 Å². The van der Waals surface area contributed by atoms with Gasteiger partial charge in [0.25, 0.3) is 0 Å². The molecule has 0 saturated heterocycles. The molecule has 0 bridgehead atoms. The van der Waals surface area contributed by atoms with Crippen LogP contribution in [-0.2, 0) is 4.74 Å². The summed E-state index contributed by atoms with van der Waals surface area (Å²) in [5.74, 6) is 0. The topological polar surface area (TPSA) is 29.5 Å². The second kappa shape index (κ2) is 5.10. The molecule has 4 heteroatoms. The van der Waals surface area contributed by atoms with E-state index >= 15 is 0 Å². The molecule has 2 unspecified atom stereocenters. The molecule has 0 amide bonds. The van der Waals surface area contributed by atoms with Gasteiger partial charge < -0.3 is 9.84 Å². The number of hydrogen-bond donors (Lipinski definition) is 1. The molecular formula is C9H13BrO2S. The molecule has 1 aromatic heterocycles. The Morgan fingerprint density at radius 3 is 2.77 bits per heavy atom. The molecule has 2 atom stereocenters. The Balaban J connectivity index is 2.61. The van der Waals surface area contributed by atoms with Gasteiger partial charge in [0, 0.05) is 11.5 Å². The van der Waals surface area contributed by atoms with E-state index in [2.05, 4.69) is 15.9 Å². The SMILES string of the molecule is CCOC(C)C(O)c1ccc(Br)s1. The van der Waals surface area contributed by atoms with Crippen molar-refractivity contribution in [3.8, 4) is 0 Å². The lowest BCUT2D eigenvalue weighted by atomic mass is 10.2. The van der Waals surface area contributed by atoms with Crippen molar-refractivity contribution in [2.75, 3.05) is 6.61 Å². The predicted molar refractivity (Wildman–Crippen MR) is 58.1 cm³/mol. The van der Waals surface area contributed by atoms with E-state index < -0.39 is 6.10 Å². The fourth-order valence-electron chi connectivity index (χ4n) is 1.07. The third-order valence-corrected chi connectivity index (χ3v) is 3.45. The lowest BCUT2D eigenvalue weighted by molar-refractivity contribution is -0.0211. The minimum atomic E-state index is -0.517. The maximum atomic E-state index is 9.80. The van der Waals surface area contributed by atoms with E-state index in [-0.39, 0.29) is 6.10 Å². The summed E-state index contributed by atoms with van der Waals surface area (Å²) in [4.78, 5) is 0.938. The van der Waals surface area contributed by atoms with Crippen LogP contribution < -0.4 is 0 Å². The first-order chi connectivity index (χ1) is 6.15. The van der Waals surface area contributed by atoms with Crippen molar-refractivity contribution in [3.05, 3.63) is 20.8 Å². The van der Waals surface area contributed by atoms with Crippen molar-refractivity contribution in [3.63, 3.8) is 0 Å². The molecule has 0 aromatic carbocycles. The summed E-state index contributed by atoms with van der Waals surface area (Å²) in [5.41, 5.74) is 0. The molecule has 0 aliphatic carbocycles. The van der Waals surface area contributed by atoms with Crippen molar-refractivity contribution < 1.29 is 9.84 Å². The lowest BCUT2D eigenvalue weighted by Gasteiger charge is -2.17. The fourth-order valence-corrected chi connectivity index (χ4v) is 2.58. The van der Waals surface area contributed by atoms with Crippen molar-refractivity contribution in [1.29, 1.82) is 0 Å². The minimum Gasteiger partial charge on any atom is -0.385 e. The van der Waals surface area contributed by atoms with E-state index in [1.165, 1.54) is 11.3 Å². The van der Waals surface area contributed by atoms with E-state index in [9.17, 15) is 5.11 Å². The third kappa shape index (κ3) is 3.06. The van der Waals surface area contributed by atoms with Gasteiger partial charge in [0.15, 0.2) is 0 Å². The van der Waals surface area contributed by atoms with E-state index in [0.717, 1.165) is 8.66 Å². The van der Waals surface area contributed by atoms with Crippen molar-refractivity contribution in [1.82, 2.24) is 0 Å². The number of hydrogen-bond acceptors (Lipinski definition) is 3. The molecule has 74 valence electrons. The van der Waals surface area contributed by atoms with Gasteiger partial charge >= 0.3 is 0 Å². The molecule has 0 aliphatic heterocycles. The average Bonchev–Trinajstić information content (AvgIpc) is 2.51. The molecule has 13 heavy (non-hydrogen) atoms. The molecule has 0 fully saturated rings. The smallest absolute Gasteiger partial charge is 0.114 e. The van der Waals surface area contributed by atoms with E-state index in [0.29, 0.717) is 6.61 Å². The quantitative estimate of drug-likeness (QED) is 0.906. The molecule has 1 heterocycles. The number of aliphatic hydroxyl groups excluding tert-OH is 1. The summed E-state index contributed by atoms with van der Waals surface area (Å²) in [7, 11) is 0. The summed E-state index contributed by atoms with van der Waals surface area (Å²) in [6.45, 7) is 4.43. The Hall–Kier alpha value is 0.1000. The van der Waals surface area contributed by atoms with Crippen molar-refractivity contribution in [2.24, 2.45) is 0 Å². The van der Waals surface area contributed by atoms with Crippen LogP contribution in [0, 0.1) is 0 Å². The van der Waals surface area contributed by atoms with Crippen LogP contribution in [0.1, 0.15) is 24.8 Å². The van der Waals surface area contributed by atoms with E-state index in [4.69, 9.17) is 4.74 Å². The van der Waals surface area contributed by atoms with E-state index in [1.54, 1.807) is 0 Å². The average molecular weight is 265 g/mol. The predicted octanol–water partition coefficient (Wildman–Crippen LogP) is 2.97. The monoisotopic (exact) mass is 264 g/mol. The second-order valence-corrected chi connectivity index (χ2v) is 5.24. The number of halogens is 1. The first-order valence-corrected chi connectivity index (χ1v) is 5.81. The van der Waals surface area contributed by atoms with Gasteiger partial charge in [-0.15, -0.1) is 11.3 Å². The summed E-state index contributed by atoms with van der Waals surface area (Å²) in [5, 5.41) is 9.80. The normalized spacial score (nSPS) is 15.7. The van der Waals surface area contributed by atoms with E-state index in [1.807, 2.05) is 26.0 Å². The second-order valence-electron chi connectivity index (χ2n) is 2.75. The first kappa shape index (κ1) is 11.2. The number of thiophene rings is 1. The molecule has 1 aromatic rings. The van der Waals surface area contributed by atoms with Crippen LogP contribution in [0.3, 0.4) is 0 Å². The zero-order valence-corrected chi connectivity index (χ0v) is 10.1. The lowest BCUT2D eigenvalue weighted by Crippen LogP contribution is -2.17. The molecule has 0 spiro atoms. The zero-order chi connectivity index (χ0) is 9.84. The summed E-state index contributed by atoms with van der Waals surface area (Å²) in [6, 6.07) is 3.84. The Bertz CT molecular complexity index is 262. The molecule has 0 saturated carbocycles. The Morgan fingerprint density at radius 1 is 1.62 bits per heavy atom. The summed E-state index contributed by atoms with van der Waals surface area (Å²) in [6.07, 6.45) is -0.660. The highest BCUT2D eigenvalue weighted by molar-refractivity contribution is 9.11. The molecule has 0 aliphatic rings. The summed E-state index contributed by atoms with van der Waals surface area (Å²) >= 11 is 4.89. The van der Waals surface area contributed by atoms with Crippen LogP contribution in [0.25, 0.3) is 0 Å². The van der Waals surface area contributed by atoms with Gasteiger partial charge in [0.05, 0.1) is 9.89 Å². The van der Waals surface area contributed by atoms with Crippen LogP contribution in [0.2, 0.25) is 0 Å². The Kier molecular flexibility index (Phi) is 4.38. The maximum Gasteiger partial charge on any atom is 0.114 e. The highest BCUT2D eigenvalue weighted by Gasteiger charge is 2.17. The minimum absolute atomic E-state index is 0.143. The van der Waals surface area contributed by atoms with Gasteiger partial charge in [0.1, 0.15) is 6.10 Å². The van der Waals surface area contributed by atoms with Crippen LogP contribution in [0.15, 0.2) is 15.9 Å². The number of rotatable bonds is 4. The largest absolute Gasteiger partial charge is 0.385 e. The van der Waals surface area contributed by atoms with Crippen molar-refractivity contribution >= 4 is 27.3 Å². The maximum absolute atomic E-state index is 9.80. The summed E-state index contributed by atoms with van der Waals surface area (Å²) < 4.78 is 6.34. The van der Waals surface area contributed by atoms with Crippen molar-refractivity contribution in [2.45, 2.75) is 26.1 Å². The fraction of sp³-hybridized carbons (Fsp3) is 0.556. The number of aliphatic hydroxyl groups is 1. The van der Waals surface area contributed by atoms with Crippen LogP contribution in [0.4, 0.5) is 0 Å². The first-order valence-electron chi connectivity index (χ1n) is 4.20. The highest BCUT2D eigenvalue weighted by Crippen LogP contribution is 2.29. The van der Waals surface area contributed by atoms with Gasteiger partial charge in [-0.05, 0) is 41.9 Å². The Labute approximate surface area is 90.7 Å². The highest BCUT2D eigenvalue weighted by atomic mass is 79.9. The van der Waals surface area contributed by atoms with Gasteiger partial charge in [-0.2, -0.15) is 0 Å². The molecule has 1 N–H and O–H groups in total. The standard InChI is InChI=1S/C9H13BrO2S/c1-3-12-6(2)9(11)7-4-5-8(10)13-7/h4-6,9,11H,3H2,1-2H3. The Morgan fingerprint density at radius 2 is 2.31 bits per heavy atom. The number of ether oxygens (including phenoxy) is 1. The van der Waals surface area contributed by atoms with Gasteiger partial charge in [-0.3, -0.25) is 0 Å². The zero-order valence-electron chi connectivity index (χ0n) is 7.66. The van der Waals surface area contributed by atoms with Gasteiger partial charge in [-0.1, -0.05) is 0 Å².